The van der Waals surface area contributed by atoms with Crippen molar-refractivity contribution in [2.24, 2.45) is 0 Å². The van der Waals surface area contributed by atoms with E-state index in [1.165, 1.54) is 16.8 Å². The Morgan fingerprint density at radius 1 is 1.43 bits per heavy atom. The molecule has 2 aromatic heterocycles. The zero-order valence-electron chi connectivity index (χ0n) is 12.9. The second kappa shape index (κ2) is 6.23. The summed E-state index contributed by atoms with van der Waals surface area (Å²) in [5, 5.41) is 4.32. The summed E-state index contributed by atoms with van der Waals surface area (Å²) in [5.41, 5.74) is 0.0566. The molecule has 0 saturated carbocycles. The van der Waals surface area contributed by atoms with Crippen LogP contribution in [-0.4, -0.2) is 43.2 Å². The van der Waals surface area contributed by atoms with Gasteiger partial charge in [0.05, 0.1) is 12.2 Å². The van der Waals surface area contributed by atoms with E-state index < -0.39 is 11.2 Å². The Hall–Kier alpha value is -2.64. The van der Waals surface area contributed by atoms with Crippen LogP contribution in [0.3, 0.4) is 0 Å². The number of H-pyrrole nitrogens is 1. The van der Waals surface area contributed by atoms with Gasteiger partial charge in [0.1, 0.15) is 6.54 Å². The van der Waals surface area contributed by atoms with Gasteiger partial charge >= 0.3 is 5.69 Å². The van der Waals surface area contributed by atoms with Crippen LogP contribution in [0.15, 0.2) is 34.2 Å². The molecule has 0 aliphatic carbocycles. The van der Waals surface area contributed by atoms with E-state index in [9.17, 15) is 14.4 Å². The molecule has 23 heavy (non-hydrogen) atoms. The Kier molecular flexibility index (Phi) is 4.14. The van der Waals surface area contributed by atoms with Crippen molar-refractivity contribution in [3.05, 3.63) is 51.1 Å². The van der Waals surface area contributed by atoms with Gasteiger partial charge < -0.3 is 4.90 Å². The van der Waals surface area contributed by atoms with Gasteiger partial charge in [-0.15, -0.1) is 0 Å². The molecule has 1 fully saturated rings. The molecule has 122 valence electrons. The molecule has 8 heteroatoms. The lowest BCUT2D eigenvalue weighted by molar-refractivity contribution is -0.133. The summed E-state index contributed by atoms with van der Waals surface area (Å²) in [7, 11) is 0. The van der Waals surface area contributed by atoms with Gasteiger partial charge in [-0.3, -0.25) is 23.8 Å². The van der Waals surface area contributed by atoms with E-state index in [1.54, 1.807) is 11.1 Å². The van der Waals surface area contributed by atoms with Gasteiger partial charge in [0.15, 0.2) is 0 Å². The summed E-state index contributed by atoms with van der Waals surface area (Å²) >= 11 is 0. The molecule has 0 spiro atoms. The van der Waals surface area contributed by atoms with Crippen LogP contribution in [0.4, 0.5) is 0 Å². The monoisotopic (exact) mass is 317 g/mol. The number of hydrogen-bond acceptors (Lipinski definition) is 4. The maximum Gasteiger partial charge on any atom is 0.328 e. The summed E-state index contributed by atoms with van der Waals surface area (Å²) in [6, 6.07) is 1.40. The third kappa shape index (κ3) is 3.41. The number of nitrogens with one attached hydrogen (secondary N) is 1. The number of amides is 1. The van der Waals surface area contributed by atoms with E-state index in [1.807, 2.05) is 17.8 Å². The Balaban J connectivity index is 1.69. The number of nitrogens with zero attached hydrogens (tertiary/aromatic N) is 4. The number of rotatable bonds is 3. The molecule has 1 N–H and O–H groups in total. The number of carbonyl (C=O) groups excluding carboxylic acids is 1. The first-order valence-corrected chi connectivity index (χ1v) is 7.61. The van der Waals surface area contributed by atoms with E-state index >= 15 is 0 Å². The van der Waals surface area contributed by atoms with Gasteiger partial charge in [-0.25, -0.2) is 4.79 Å². The number of carbonyl (C=O) groups is 1. The minimum absolute atomic E-state index is 0.0690. The number of piperidine rings is 1. The highest BCUT2D eigenvalue weighted by molar-refractivity contribution is 5.76. The predicted octanol–water partition coefficient (Wildman–Crippen LogP) is -0.0948. The van der Waals surface area contributed by atoms with Crippen LogP contribution in [0.5, 0.6) is 0 Å². The molecule has 3 rings (SSSR count). The molecule has 1 amide bonds. The zero-order valence-corrected chi connectivity index (χ0v) is 12.9. The van der Waals surface area contributed by atoms with Crippen LogP contribution in [0.2, 0.25) is 0 Å². The first kappa shape index (κ1) is 15.3. The number of likely N-dealkylation sites (tertiary alicyclic amines) is 1. The molecule has 0 aromatic carbocycles. The predicted molar refractivity (Wildman–Crippen MR) is 83.1 cm³/mol. The molecule has 1 aliphatic heterocycles. The second-order valence-electron chi connectivity index (χ2n) is 5.87. The number of aryl methyl sites for hydroxylation is 1. The maximum atomic E-state index is 12.4. The molecule has 1 atom stereocenters. The van der Waals surface area contributed by atoms with Crippen molar-refractivity contribution in [2.45, 2.75) is 32.4 Å². The Morgan fingerprint density at radius 2 is 2.26 bits per heavy atom. The topological polar surface area (TPSA) is 93.0 Å². The smallest absolute Gasteiger partial charge is 0.328 e. The van der Waals surface area contributed by atoms with Crippen molar-refractivity contribution in [1.82, 2.24) is 24.2 Å². The third-order valence-corrected chi connectivity index (χ3v) is 4.06. The van der Waals surface area contributed by atoms with Crippen LogP contribution >= 0.6 is 0 Å². The highest BCUT2D eigenvalue weighted by Crippen LogP contribution is 2.21. The van der Waals surface area contributed by atoms with Gasteiger partial charge in [-0.2, -0.15) is 5.10 Å². The minimum Gasteiger partial charge on any atom is -0.339 e. The minimum atomic E-state index is -0.567. The lowest BCUT2D eigenvalue weighted by Crippen LogP contribution is -2.44. The molecular weight excluding hydrogens is 298 g/mol. The first-order chi connectivity index (χ1) is 11.0. The fourth-order valence-corrected chi connectivity index (χ4v) is 2.84. The van der Waals surface area contributed by atoms with Gasteiger partial charge in [-0.1, -0.05) is 0 Å². The number of hydrogen-bond donors (Lipinski definition) is 1. The fourth-order valence-electron chi connectivity index (χ4n) is 2.84. The lowest BCUT2D eigenvalue weighted by atomic mass is 10.1. The number of aromatic amines is 1. The van der Waals surface area contributed by atoms with Crippen LogP contribution in [0.1, 0.15) is 24.4 Å². The summed E-state index contributed by atoms with van der Waals surface area (Å²) in [4.78, 5) is 39.1. The molecule has 3 heterocycles. The summed E-state index contributed by atoms with van der Waals surface area (Å²) in [6.07, 6.45) is 7.00. The Labute approximate surface area is 132 Å². The third-order valence-electron chi connectivity index (χ3n) is 4.06. The molecular formula is C15H19N5O3. The highest BCUT2D eigenvalue weighted by atomic mass is 16.2. The van der Waals surface area contributed by atoms with Crippen LogP contribution < -0.4 is 11.2 Å². The van der Waals surface area contributed by atoms with Gasteiger partial charge in [0.2, 0.25) is 5.91 Å². The first-order valence-electron chi connectivity index (χ1n) is 7.61. The molecule has 1 unspecified atom stereocenters. The van der Waals surface area contributed by atoms with E-state index in [0.717, 1.165) is 18.4 Å². The average Bonchev–Trinajstić information content (AvgIpc) is 2.97. The van der Waals surface area contributed by atoms with Gasteiger partial charge in [0.25, 0.3) is 5.56 Å². The van der Waals surface area contributed by atoms with E-state index in [0.29, 0.717) is 13.1 Å². The van der Waals surface area contributed by atoms with Gasteiger partial charge in [0, 0.05) is 31.5 Å². The average molecular weight is 317 g/mol. The lowest BCUT2D eigenvalue weighted by Gasteiger charge is -2.33. The van der Waals surface area contributed by atoms with E-state index in [2.05, 4.69) is 10.1 Å². The summed E-state index contributed by atoms with van der Waals surface area (Å²) in [6.45, 7) is 3.17. The van der Waals surface area contributed by atoms with Crippen LogP contribution in [0, 0.1) is 6.92 Å². The second-order valence-corrected chi connectivity index (χ2v) is 5.87. The summed E-state index contributed by atoms with van der Waals surface area (Å²) < 4.78 is 3.12. The standard InChI is InChI=1S/C15H19N5O3/c1-11-7-16-20(8-11)12-3-2-5-18(9-12)14(22)10-19-6-4-13(21)17-15(19)23/h4,6-8,12H,2-3,5,9-10H2,1H3,(H,17,21,23). The van der Waals surface area contributed by atoms with Crippen molar-refractivity contribution in [1.29, 1.82) is 0 Å². The van der Waals surface area contributed by atoms with Crippen molar-refractivity contribution in [3.8, 4) is 0 Å². The zero-order chi connectivity index (χ0) is 16.4. The Bertz CT molecular complexity index is 819. The maximum absolute atomic E-state index is 12.4. The van der Waals surface area contributed by atoms with Crippen molar-refractivity contribution in [2.75, 3.05) is 13.1 Å². The largest absolute Gasteiger partial charge is 0.339 e. The molecule has 8 nitrogen and oxygen atoms in total. The molecule has 0 bridgehead atoms. The highest BCUT2D eigenvalue weighted by Gasteiger charge is 2.25. The van der Waals surface area contributed by atoms with Crippen LogP contribution in [-0.2, 0) is 11.3 Å². The van der Waals surface area contributed by atoms with Crippen LogP contribution in [0.25, 0.3) is 0 Å². The molecule has 1 saturated heterocycles. The van der Waals surface area contributed by atoms with E-state index in [4.69, 9.17) is 0 Å². The fraction of sp³-hybridized carbons (Fsp3) is 0.467. The normalized spacial score (nSPS) is 18.1. The number of aromatic nitrogens is 4. The SMILES string of the molecule is Cc1cnn(C2CCCN(C(=O)Cn3ccc(=O)[nH]c3=O)C2)c1. The molecule has 0 radical (unpaired) electrons. The Morgan fingerprint density at radius 3 is 2.96 bits per heavy atom. The summed E-state index contributed by atoms with van der Waals surface area (Å²) in [5.74, 6) is -0.132. The van der Waals surface area contributed by atoms with E-state index in [-0.39, 0.29) is 18.5 Å². The van der Waals surface area contributed by atoms with Crippen molar-refractivity contribution in [3.63, 3.8) is 0 Å². The quantitative estimate of drug-likeness (QED) is 0.856. The van der Waals surface area contributed by atoms with Crippen molar-refractivity contribution >= 4 is 5.91 Å². The molecule has 2 aromatic rings. The van der Waals surface area contributed by atoms with Crippen molar-refractivity contribution < 1.29 is 4.79 Å². The van der Waals surface area contributed by atoms with Gasteiger partial charge in [-0.05, 0) is 25.3 Å². The molecule has 1 aliphatic rings.